The SMILES string of the molecule is O=C(O)[C@H]1CCCCN1C(=O)Cc1ccccn1. The zero-order chi connectivity index (χ0) is 13.0. The van der Waals surface area contributed by atoms with Gasteiger partial charge in [0.1, 0.15) is 6.04 Å². The molecule has 2 rings (SSSR count). The summed E-state index contributed by atoms with van der Waals surface area (Å²) in [5.41, 5.74) is 0.678. The summed E-state index contributed by atoms with van der Waals surface area (Å²) in [4.78, 5) is 28.8. The molecule has 0 radical (unpaired) electrons. The summed E-state index contributed by atoms with van der Waals surface area (Å²) in [5.74, 6) is -1.06. The fourth-order valence-electron chi connectivity index (χ4n) is 2.25. The lowest BCUT2D eigenvalue weighted by Gasteiger charge is -2.32. The molecule has 1 amide bonds. The van der Waals surface area contributed by atoms with Crippen LogP contribution in [-0.2, 0) is 16.0 Å². The summed E-state index contributed by atoms with van der Waals surface area (Å²) in [5, 5.41) is 9.11. The van der Waals surface area contributed by atoms with E-state index in [1.807, 2.05) is 6.07 Å². The largest absolute Gasteiger partial charge is 0.480 e. The second-order valence-corrected chi connectivity index (χ2v) is 4.43. The maximum Gasteiger partial charge on any atom is 0.326 e. The Bertz CT molecular complexity index is 433. The molecule has 0 spiro atoms. The van der Waals surface area contributed by atoms with E-state index in [0.29, 0.717) is 18.7 Å². The molecule has 1 saturated heterocycles. The number of rotatable bonds is 3. The lowest BCUT2D eigenvalue weighted by molar-refractivity contribution is -0.151. The number of pyridine rings is 1. The monoisotopic (exact) mass is 248 g/mol. The van der Waals surface area contributed by atoms with E-state index >= 15 is 0 Å². The van der Waals surface area contributed by atoms with E-state index in [0.717, 1.165) is 12.8 Å². The first-order valence-electron chi connectivity index (χ1n) is 6.10. The molecule has 1 fully saturated rings. The Hall–Kier alpha value is -1.91. The van der Waals surface area contributed by atoms with Gasteiger partial charge in [0.2, 0.25) is 5.91 Å². The van der Waals surface area contributed by atoms with Crippen LogP contribution in [0.1, 0.15) is 25.0 Å². The minimum absolute atomic E-state index is 0.152. The molecule has 1 atom stereocenters. The van der Waals surface area contributed by atoms with E-state index in [1.54, 1.807) is 18.3 Å². The molecule has 0 unspecified atom stereocenters. The first kappa shape index (κ1) is 12.5. The number of nitrogens with zero attached hydrogens (tertiary/aromatic N) is 2. The fourth-order valence-corrected chi connectivity index (χ4v) is 2.25. The number of likely N-dealkylation sites (tertiary alicyclic amines) is 1. The third-order valence-corrected chi connectivity index (χ3v) is 3.17. The molecule has 5 nitrogen and oxygen atoms in total. The number of carbonyl (C=O) groups excluding carboxylic acids is 1. The van der Waals surface area contributed by atoms with E-state index in [-0.39, 0.29) is 12.3 Å². The number of aromatic nitrogens is 1. The van der Waals surface area contributed by atoms with Crippen LogP contribution in [-0.4, -0.2) is 39.5 Å². The number of hydrogen-bond donors (Lipinski definition) is 1. The average molecular weight is 248 g/mol. The van der Waals surface area contributed by atoms with Crippen molar-refractivity contribution in [1.82, 2.24) is 9.88 Å². The van der Waals surface area contributed by atoms with Gasteiger partial charge in [-0.15, -0.1) is 0 Å². The van der Waals surface area contributed by atoms with Crippen LogP contribution in [0.15, 0.2) is 24.4 Å². The van der Waals surface area contributed by atoms with Crippen molar-refractivity contribution in [2.45, 2.75) is 31.7 Å². The van der Waals surface area contributed by atoms with Gasteiger partial charge < -0.3 is 10.0 Å². The summed E-state index contributed by atoms with van der Waals surface area (Å²) >= 11 is 0. The maximum atomic E-state index is 12.1. The van der Waals surface area contributed by atoms with Crippen LogP contribution in [0.25, 0.3) is 0 Å². The maximum absolute atomic E-state index is 12.1. The molecule has 18 heavy (non-hydrogen) atoms. The average Bonchev–Trinajstić information content (AvgIpc) is 2.40. The second kappa shape index (κ2) is 5.62. The van der Waals surface area contributed by atoms with Gasteiger partial charge in [-0.2, -0.15) is 0 Å². The molecule has 0 saturated carbocycles. The van der Waals surface area contributed by atoms with E-state index in [4.69, 9.17) is 5.11 Å². The predicted molar refractivity (Wildman–Crippen MR) is 64.9 cm³/mol. The van der Waals surface area contributed by atoms with Gasteiger partial charge in [-0.25, -0.2) is 4.79 Å². The Morgan fingerprint density at radius 3 is 2.89 bits per heavy atom. The van der Waals surface area contributed by atoms with Crippen molar-refractivity contribution in [2.24, 2.45) is 0 Å². The Morgan fingerprint density at radius 1 is 1.39 bits per heavy atom. The Morgan fingerprint density at radius 2 is 2.22 bits per heavy atom. The van der Waals surface area contributed by atoms with Crippen LogP contribution in [0, 0.1) is 0 Å². The van der Waals surface area contributed by atoms with Gasteiger partial charge in [0.25, 0.3) is 0 Å². The van der Waals surface area contributed by atoms with Gasteiger partial charge in [-0.1, -0.05) is 6.07 Å². The highest BCUT2D eigenvalue weighted by atomic mass is 16.4. The highest BCUT2D eigenvalue weighted by Crippen LogP contribution is 2.18. The van der Waals surface area contributed by atoms with E-state index in [2.05, 4.69) is 4.98 Å². The molecule has 1 aromatic rings. The third kappa shape index (κ3) is 2.85. The second-order valence-electron chi connectivity index (χ2n) is 4.43. The van der Waals surface area contributed by atoms with Crippen LogP contribution < -0.4 is 0 Å². The summed E-state index contributed by atoms with van der Waals surface area (Å²) < 4.78 is 0. The number of hydrogen-bond acceptors (Lipinski definition) is 3. The van der Waals surface area contributed by atoms with Gasteiger partial charge in [-0.05, 0) is 31.4 Å². The number of piperidine rings is 1. The predicted octanol–water partition coefficient (Wildman–Crippen LogP) is 1.09. The quantitative estimate of drug-likeness (QED) is 0.869. The van der Waals surface area contributed by atoms with Gasteiger partial charge in [0.05, 0.1) is 6.42 Å². The third-order valence-electron chi connectivity index (χ3n) is 3.17. The van der Waals surface area contributed by atoms with E-state index in [9.17, 15) is 9.59 Å². The molecule has 1 aliphatic heterocycles. The molecule has 1 aromatic heterocycles. The summed E-state index contributed by atoms with van der Waals surface area (Å²) in [7, 11) is 0. The topological polar surface area (TPSA) is 70.5 Å². The molecule has 1 N–H and O–H groups in total. The minimum Gasteiger partial charge on any atom is -0.480 e. The normalized spacial score (nSPS) is 19.6. The van der Waals surface area contributed by atoms with Gasteiger partial charge >= 0.3 is 5.97 Å². The van der Waals surface area contributed by atoms with Gasteiger partial charge in [0.15, 0.2) is 0 Å². The Balaban J connectivity index is 2.05. The Labute approximate surface area is 105 Å². The molecule has 0 aromatic carbocycles. The molecule has 5 heteroatoms. The summed E-state index contributed by atoms with van der Waals surface area (Å²) in [6.45, 7) is 0.530. The van der Waals surface area contributed by atoms with Crippen molar-refractivity contribution in [3.63, 3.8) is 0 Å². The van der Waals surface area contributed by atoms with Crippen molar-refractivity contribution in [2.75, 3.05) is 6.54 Å². The fraction of sp³-hybridized carbons (Fsp3) is 0.462. The molecular formula is C13H16N2O3. The summed E-state index contributed by atoms with van der Waals surface area (Å²) in [6, 6.07) is 4.71. The molecule has 0 bridgehead atoms. The zero-order valence-corrected chi connectivity index (χ0v) is 10.1. The van der Waals surface area contributed by atoms with Crippen LogP contribution in [0.3, 0.4) is 0 Å². The molecular weight excluding hydrogens is 232 g/mol. The Kier molecular flexibility index (Phi) is 3.92. The van der Waals surface area contributed by atoms with Crippen molar-refractivity contribution < 1.29 is 14.7 Å². The van der Waals surface area contributed by atoms with Crippen LogP contribution in [0.2, 0.25) is 0 Å². The molecule has 1 aliphatic rings. The van der Waals surface area contributed by atoms with Crippen LogP contribution >= 0.6 is 0 Å². The number of carbonyl (C=O) groups is 2. The number of amides is 1. The highest BCUT2D eigenvalue weighted by Gasteiger charge is 2.31. The van der Waals surface area contributed by atoms with Crippen LogP contribution in [0.4, 0.5) is 0 Å². The van der Waals surface area contributed by atoms with Crippen molar-refractivity contribution >= 4 is 11.9 Å². The minimum atomic E-state index is -0.913. The molecule has 2 heterocycles. The van der Waals surface area contributed by atoms with Gasteiger partial charge in [-0.3, -0.25) is 9.78 Å². The first-order chi connectivity index (χ1) is 8.68. The van der Waals surface area contributed by atoms with Crippen molar-refractivity contribution in [3.8, 4) is 0 Å². The lowest BCUT2D eigenvalue weighted by Crippen LogP contribution is -2.48. The first-order valence-corrected chi connectivity index (χ1v) is 6.10. The van der Waals surface area contributed by atoms with Crippen LogP contribution in [0.5, 0.6) is 0 Å². The van der Waals surface area contributed by atoms with Gasteiger partial charge in [0, 0.05) is 18.4 Å². The van der Waals surface area contributed by atoms with Crippen molar-refractivity contribution in [1.29, 1.82) is 0 Å². The molecule has 0 aliphatic carbocycles. The van der Waals surface area contributed by atoms with Crippen molar-refractivity contribution in [3.05, 3.63) is 30.1 Å². The number of carboxylic acid groups (broad SMARTS) is 1. The van der Waals surface area contributed by atoms with E-state index < -0.39 is 12.0 Å². The smallest absolute Gasteiger partial charge is 0.326 e. The molecule has 96 valence electrons. The zero-order valence-electron chi connectivity index (χ0n) is 10.1. The number of aliphatic carboxylic acids is 1. The van der Waals surface area contributed by atoms with E-state index in [1.165, 1.54) is 4.90 Å². The summed E-state index contributed by atoms with van der Waals surface area (Å²) in [6.07, 6.45) is 4.09. The highest BCUT2D eigenvalue weighted by molar-refractivity contribution is 5.85. The number of carboxylic acids is 1. The lowest BCUT2D eigenvalue weighted by atomic mass is 10.0. The standard InChI is InChI=1S/C13H16N2O3/c16-12(9-10-5-1-3-7-14-10)15-8-4-2-6-11(15)13(17)18/h1,3,5,7,11H,2,4,6,8-9H2,(H,17,18)/t11-/m1/s1.